The smallest absolute Gasteiger partial charge is 0.0435 e. The van der Waals surface area contributed by atoms with Gasteiger partial charge in [0.25, 0.3) is 0 Å². The fraction of sp³-hybridized carbons (Fsp3) is 0.875. The minimum absolute atomic E-state index is 0.0910. The number of rotatable bonds is 4. The van der Waals surface area contributed by atoms with Gasteiger partial charge in [-0.1, -0.05) is 6.92 Å². The number of hydrogen-bond donors (Lipinski definition) is 1. The zero-order chi connectivity index (χ0) is 9.78. The SMILES string of the molecule is C=NN(C)NN(CC)C(C)(C)C. The lowest BCUT2D eigenvalue weighted by Gasteiger charge is -2.36. The normalized spacial score (nSPS) is 11.8. The van der Waals surface area contributed by atoms with Crippen LogP contribution in [0, 0.1) is 0 Å². The van der Waals surface area contributed by atoms with Gasteiger partial charge in [-0.2, -0.15) is 10.6 Å². The summed E-state index contributed by atoms with van der Waals surface area (Å²) in [7, 11) is 1.82. The summed E-state index contributed by atoms with van der Waals surface area (Å²) in [5, 5.41) is 7.40. The minimum Gasteiger partial charge on any atom is -0.220 e. The molecule has 0 aliphatic carbocycles. The molecule has 0 saturated carbocycles. The van der Waals surface area contributed by atoms with Gasteiger partial charge in [-0.15, -0.1) is 0 Å². The van der Waals surface area contributed by atoms with Gasteiger partial charge in [-0.05, 0) is 20.8 Å². The molecule has 0 saturated heterocycles. The monoisotopic (exact) mass is 172 g/mol. The first-order chi connectivity index (χ1) is 5.41. The van der Waals surface area contributed by atoms with E-state index in [1.54, 1.807) is 5.12 Å². The van der Waals surface area contributed by atoms with Crippen molar-refractivity contribution in [2.24, 2.45) is 5.10 Å². The molecule has 0 aromatic carbocycles. The van der Waals surface area contributed by atoms with Crippen molar-refractivity contribution >= 4 is 6.72 Å². The predicted molar refractivity (Wildman–Crippen MR) is 52.6 cm³/mol. The van der Waals surface area contributed by atoms with Crippen LogP contribution in [0.4, 0.5) is 0 Å². The standard InChI is InChI=1S/C8H20N4/c1-7-12(8(2,3)4)10-11(6)9-5/h10H,5,7H2,1-4,6H3. The van der Waals surface area contributed by atoms with Crippen LogP contribution in [0.1, 0.15) is 27.7 Å². The van der Waals surface area contributed by atoms with E-state index in [2.05, 4.69) is 50.1 Å². The predicted octanol–water partition coefficient (Wildman–Crippen LogP) is 1.07. The molecule has 0 bridgehead atoms. The highest BCUT2D eigenvalue weighted by Crippen LogP contribution is 2.09. The molecule has 0 spiro atoms. The molecule has 1 N–H and O–H groups in total. The van der Waals surface area contributed by atoms with E-state index in [-0.39, 0.29) is 5.54 Å². The summed E-state index contributed by atoms with van der Waals surface area (Å²) in [4.78, 5) is 0. The zero-order valence-corrected chi connectivity index (χ0v) is 8.76. The Hall–Kier alpha value is -0.610. The van der Waals surface area contributed by atoms with E-state index in [1.807, 2.05) is 7.05 Å². The molecule has 0 aromatic heterocycles. The van der Waals surface area contributed by atoms with Crippen molar-refractivity contribution in [1.82, 2.24) is 15.7 Å². The molecule has 0 heterocycles. The molecule has 12 heavy (non-hydrogen) atoms. The number of hydrogen-bond acceptors (Lipinski definition) is 4. The van der Waals surface area contributed by atoms with Gasteiger partial charge in [0.1, 0.15) is 0 Å². The number of hydrazone groups is 1. The molecule has 0 amide bonds. The quantitative estimate of drug-likeness (QED) is 0.508. The van der Waals surface area contributed by atoms with E-state index < -0.39 is 0 Å². The molecule has 72 valence electrons. The molecule has 0 fully saturated rings. The molecule has 0 radical (unpaired) electrons. The molecule has 0 atom stereocenters. The molecule has 0 aliphatic heterocycles. The van der Waals surface area contributed by atoms with Crippen molar-refractivity contribution in [1.29, 1.82) is 0 Å². The van der Waals surface area contributed by atoms with Gasteiger partial charge in [0.2, 0.25) is 0 Å². The van der Waals surface area contributed by atoms with Gasteiger partial charge in [-0.25, -0.2) is 10.1 Å². The van der Waals surface area contributed by atoms with Crippen LogP contribution in [0.3, 0.4) is 0 Å². The topological polar surface area (TPSA) is 30.9 Å². The summed E-state index contributed by atoms with van der Waals surface area (Å²) in [6, 6.07) is 0. The molecule has 0 rings (SSSR count). The maximum absolute atomic E-state index is 3.72. The van der Waals surface area contributed by atoms with Crippen molar-refractivity contribution in [2.45, 2.75) is 33.2 Å². The molecule has 4 heteroatoms. The van der Waals surface area contributed by atoms with E-state index in [9.17, 15) is 0 Å². The third-order valence-electron chi connectivity index (χ3n) is 1.60. The summed E-state index contributed by atoms with van der Waals surface area (Å²) < 4.78 is 0. The van der Waals surface area contributed by atoms with Crippen molar-refractivity contribution in [3.63, 3.8) is 0 Å². The van der Waals surface area contributed by atoms with Crippen LogP contribution in [0.25, 0.3) is 0 Å². The first-order valence-electron chi connectivity index (χ1n) is 4.16. The summed E-state index contributed by atoms with van der Waals surface area (Å²) in [6.07, 6.45) is 0. The second-order valence-corrected chi connectivity index (χ2v) is 3.68. The fourth-order valence-corrected chi connectivity index (χ4v) is 0.901. The van der Waals surface area contributed by atoms with E-state index in [0.717, 1.165) is 6.54 Å². The van der Waals surface area contributed by atoms with Gasteiger partial charge in [0, 0.05) is 25.8 Å². The van der Waals surface area contributed by atoms with E-state index >= 15 is 0 Å². The minimum atomic E-state index is 0.0910. The summed E-state index contributed by atoms with van der Waals surface area (Å²) in [6.45, 7) is 12.8. The third-order valence-corrected chi connectivity index (χ3v) is 1.60. The van der Waals surface area contributed by atoms with E-state index in [1.165, 1.54) is 0 Å². The molecule has 0 unspecified atom stereocenters. The molecular weight excluding hydrogens is 152 g/mol. The number of nitrogens with one attached hydrogen (secondary N) is 1. The maximum Gasteiger partial charge on any atom is 0.0435 e. The Kier molecular flexibility index (Phi) is 4.20. The molecule has 0 aliphatic rings. The third kappa shape index (κ3) is 3.69. The molecule has 4 nitrogen and oxygen atoms in total. The van der Waals surface area contributed by atoms with Crippen molar-refractivity contribution < 1.29 is 0 Å². The molecular formula is C8H20N4. The second-order valence-electron chi connectivity index (χ2n) is 3.68. The lowest BCUT2D eigenvalue weighted by atomic mass is 10.1. The van der Waals surface area contributed by atoms with Gasteiger partial charge >= 0.3 is 0 Å². The van der Waals surface area contributed by atoms with Crippen LogP contribution < -0.4 is 5.53 Å². The first-order valence-corrected chi connectivity index (χ1v) is 4.16. The highest BCUT2D eigenvalue weighted by molar-refractivity contribution is 5.22. The maximum atomic E-state index is 3.72. The highest BCUT2D eigenvalue weighted by Gasteiger charge is 2.19. The lowest BCUT2D eigenvalue weighted by Crippen LogP contribution is -2.54. The van der Waals surface area contributed by atoms with Gasteiger partial charge < -0.3 is 0 Å². The zero-order valence-electron chi connectivity index (χ0n) is 8.76. The van der Waals surface area contributed by atoms with Gasteiger partial charge in [0.05, 0.1) is 0 Å². The second kappa shape index (κ2) is 4.42. The van der Waals surface area contributed by atoms with Crippen LogP contribution in [0.2, 0.25) is 0 Å². The Labute approximate surface area is 75.2 Å². The molecule has 0 aromatic rings. The Morgan fingerprint density at radius 2 is 1.92 bits per heavy atom. The summed E-state index contributed by atoms with van der Waals surface area (Å²) in [5.41, 5.74) is 3.18. The Balaban J connectivity index is 4.08. The highest BCUT2D eigenvalue weighted by atomic mass is 15.8. The van der Waals surface area contributed by atoms with Crippen LogP contribution in [0.15, 0.2) is 5.10 Å². The van der Waals surface area contributed by atoms with Crippen molar-refractivity contribution in [3.05, 3.63) is 0 Å². The Bertz CT molecular complexity index is 138. The van der Waals surface area contributed by atoms with Crippen LogP contribution in [-0.4, -0.2) is 36.0 Å². The summed E-state index contributed by atoms with van der Waals surface area (Å²) >= 11 is 0. The Morgan fingerprint density at radius 1 is 1.42 bits per heavy atom. The van der Waals surface area contributed by atoms with Crippen LogP contribution in [-0.2, 0) is 0 Å². The number of nitrogens with zero attached hydrogens (tertiary/aromatic N) is 3. The lowest BCUT2D eigenvalue weighted by molar-refractivity contribution is -0.0173. The van der Waals surface area contributed by atoms with Crippen LogP contribution >= 0.6 is 0 Å². The van der Waals surface area contributed by atoms with Crippen LogP contribution in [0.5, 0.6) is 0 Å². The van der Waals surface area contributed by atoms with E-state index in [0.29, 0.717) is 0 Å². The average Bonchev–Trinajstić information content (AvgIpc) is 1.97. The van der Waals surface area contributed by atoms with Gasteiger partial charge in [-0.3, -0.25) is 0 Å². The fourth-order valence-electron chi connectivity index (χ4n) is 0.901. The summed E-state index contributed by atoms with van der Waals surface area (Å²) in [5.74, 6) is 0. The Morgan fingerprint density at radius 3 is 2.17 bits per heavy atom. The average molecular weight is 172 g/mol. The van der Waals surface area contributed by atoms with E-state index in [4.69, 9.17) is 0 Å². The van der Waals surface area contributed by atoms with Gasteiger partial charge in [0.15, 0.2) is 0 Å². The largest absolute Gasteiger partial charge is 0.220 e. The van der Waals surface area contributed by atoms with Crippen molar-refractivity contribution in [2.75, 3.05) is 13.6 Å². The number of hydrazine groups is 2. The van der Waals surface area contributed by atoms with Crippen molar-refractivity contribution in [3.8, 4) is 0 Å². The first kappa shape index (κ1) is 11.4.